The van der Waals surface area contributed by atoms with Gasteiger partial charge in [0.2, 0.25) is 0 Å². The van der Waals surface area contributed by atoms with Crippen LogP contribution < -0.4 is 5.32 Å². The maximum Gasteiger partial charge on any atom is 0.417 e. The third-order valence-corrected chi connectivity index (χ3v) is 2.66. The van der Waals surface area contributed by atoms with E-state index in [-0.39, 0.29) is 5.56 Å². The number of hydrogen-bond donors (Lipinski definition) is 2. The van der Waals surface area contributed by atoms with Gasteiger partial charge in [-0.1, -0.05) is 25.1 Å². The van der Waals surface area contributed by atoms with Crippen molar-refractivity contribution < 1.29 is 13.2 Å². The Labute approximate surface area is 108 Å². The Morgan fingerprint density at radius 3 is 2.68 bits per heavy atom. The van der Waals surface area contributed by atoms with Crippen LogP contribution in [0.15, 0.2) is 30.3 Å². The summed E-state index contributed by atoms with van der Waals surface area (Å²) in [6, 6.07) is 7.03. The number of aromatic nitrogens is 2. The lowest BCUT2D eigenvalue weighted by molar-refractivity contribution is -0.137. The number of rotatable bonds is 4. The minimum atomic E-state index is -4.38. The van der Waals surface area contributed by atoms with E-state index in [1.54, 1.807) is 12.1 Å². The highest BCUT2D eigenvalue weighted by Gasteiger charge is 2.33. The third-order valence-electron chi connectivity index (χ3n) is 2.66. The van der Waals surface area contributed by atoms with Crippen LogP contribution in [0.3, 0.4) is 0 Å². The minimum absolute atomic E-state index is 0.104. The molecule has 0 aliphatic heterocycles. The van der Waals surface area contributed by atoms with Gasteiger partial charge in [-0.3, -0.25) is 5.10 Å². The van der Waals surface area contributed by atoms with Crippen LogP contribution in [-0.2, 0) is 6.18 Å². The molecule has 1 heterocycles. The molecule has 3 nitrogen and oxygen atoms in total. The molecule has 0 aliphatic carbocycles. The average Bonchev–Trinajstić information content (AvgIpc) is 2.84. The minimum Gasteiger partial charge on any atom is -0.369 e. The molecule has 0 atom stereocenters. The maximum atomic E-state index is 12.9. The topological polar surface area (TPSA) is 40.7 Å². The Bertz CT molecular complexity index is 546. The summed E-state index contributed by atoms with van der Waals surface area (Å²) in [7, 11) is 0. The first-order chi connectivity index (χ1) is 9.02. The van der Waals surface area contributed by atoms with Gasteiger partial charge in [0.15, 0.2) is 0 Å². The normalized spacial score (nSPS) is 11.6. The number of H-pyrrole nitrogens is 1. The summed E-state index contributed by atoms with van der Waals surface area (Å²) in [5.74, 6) is 0.550. The number of anilines is 1. The van der Waals surface area contributed by atoms with Crippen molar-refractivity contribution in [3.05, 3.63) is 35.9 Å². The smallest absolute Gasteiger partial charge is 0.369 e. The highest BCUT2D eigenvalue weighted by Crippen LogP contribution is 2.36. The molecule has 0 fully saturated rings. The van der Waals surface area contributed by atoms with E-state index >= 15 is 0 Å². The molecule has 19 heavy (non-hydrogen) atoms. The molecule has 2 aromatic rings. The van der Waals surface area contributed by atoms with Crippen LogP contribution in [0.25, 0.3) is 11.3 Å². The van der Waals surface area contributed by atoms with Gasteiger partial charge in [0, 0.05) is 18.2 Å². The fourth-order valence-electron chi connectivity index (χ4n) is 1.77. The first-order valence-corrected chi connectivity index (χ1v) is 5.98. The van der Waals surface area contributed by atoms with E-state index in [4.69, 9.17) is 0 Å². The standard InChI is InChI=1S/C13H14F3N3/c1-2-7-17-12-8-11(18-19-12)9-5-3-4-6-10(9)13(14,15)16/h3-6,8H,2,7H2,1H3,(H2,17,18,19). The van der Waals surface area contributed by atoms with Gasteiger partial charge in [-0.15, -0.1) is 0 Å². The first kappa shape index (κ1) is 13.5. The molecule has 2 N–H and O–H groups in total. The van der Waals surface area contributed by atoms with Crippen molar-refractivity contribution in [3.8, 4) is 11.3 Å². The van der Waals surface area contributed by atoms with Crippen LogP contribution in [0.5, 0.6) is 0 Å². The van der Waals surface area contributed by atoms with Crippen molar-refractivity contribution in [1.29, 1.82) is 0 Å². The molecule has 0 spiro atoms. The summed E-state index contributed by atoms with van der Waals surface area (Å²) in [6.07, 6.45) is -3.46. The molecule has 0 radical (unpaired) electrons. The summed E-state index contributed by atoms with van der Waals surface area (Å²) in [4.78, 5) is 0. The Hall–Kier alpha value is -1.98. The second-order valence-electron chi connectivity index (χ2n) is 4.14. The summed E-state index contributed by atoms with van der Waals surface area (Å²) in [6.45, 7) is 2.73. The van der Waals surface area contributed by atoms with Crippen LogP contribution in [0.4, 0.5) is 19.0 Å². The second-order valence-corrected chi connectivity index (χ2v) is 4.14. The molecule has 0 aliphatic rings. The Kier molecular flexibility index (Phi) is 3.78. The van der Waals surface area contributed by atoms with E-state index in [9.17, 15) is 13.2 Å². The molecule has 0 saturated heterocycles. The molecular formula is C13H14F3N3. The number of halogens is 3. The molecule has 0 unspecified atom stereocenters. The predicted molar refractivity (Wildman–Crippen MR) is 67.8 cm³/mol. The van der Waals surface area contributed by atoms with Crippen molar-refractivity contribution >= 4 is 5.82 Å². The van der Waals surface area contributed by atoms with Gasteiger partial charge >= 0.3 is 6.18 Å². The van der Waals surface area contributed by atoms with Crippen molar-refractivity contribution in [2.75, 3.05) is 11.9 Å². The second kappa shape index (κ2) is 5.34. The van der Waals surface area contributed by atoms with Crippen LogP contribution in [0.1, 0.15) is 18.9 Å². The summed E-state index contributed by atoms with van der Waals surface area (Å²) in [5, 5.41) is 9.60. The van der Waals surface area contributed by atoms with Crippen LogP contribution in [-0.4, -0.2) is 16.7 Å². The van der Waals surface area contributed by atoms with Gasteiger partial charge in [0.25, 0.3) is 0 Å². The van der Waals surface area contributed by atoms with E-state index in [1.807, 2.05) is 6.92 Å². The molecule has 0 bridgehead atoms. The fraction of sp³-hybridized carbons (Fsp3) is 0.308. The zero-order valence-corrected chi connectivity index (χ0v) is 10.4. The zero-order valence-electron chi connectivity index (χ0n) is 10.4. The Balaban J connectivity index is 2.34. The molecule has 0 saturated carbocycles. The van der Waals surface area contributed by atoms with Gasteiger partial charge in [-0.05, 0) is 12.5 Å². The lowest BCUT2D eigenvalue weighted by atomic mass is 10.0. The number of nitrogens with zero attached hydrogens (tertiary/aromatic N) is 1. The van der Waals surface area contributed by atoms with Gasteiger partial charge in [-0.2, -0.15) is 18.3 Å². The van der Waals surface area contributed by atoms with Crippen molar-refractivity contribution in [2.45, 2.75) is 19.5 Å². The molecule has 0 amide bonds. The maximum absolute atomic E-state index is 12.9. The highest BCUT2D eigenvalue weighted by atomic mass is 19.4. The van der Waals surface area contributed by atoms with E-state index < -0.39 is 11.7 Å². The Morgan fingerprint density at radius 1 is 1.26 bits per heavy atom. The molecule has 102 valence electrons. The summed E-state index contributed by atoms with van der Waals surface area (Å²) in [5.41, 5.74) is -0.209. The lowest BCUT2D eigenvalue weighted by Crippen LogP contribution is -2.06. The van der Waals surface area contributed by atoms with Gasteiger partial charge in [0.05, 0.1) is 11.3 Å². The zero-order chi connectivity index (χ0) is 13.9. The quantitative estimate of drug-likeness (QED) is 0.883. The van der Waals surface area contributed by atoms with Gasteiger partial charge in [0.1, 0.15) is 5.82 Å². The predicted octanol–water partition coefficient (Wildman–Crippen LogP) is 3.92. The number of hydrogen-bond acceptors (Lipinski definition) is 2. The van der Waals surface area contributed by atoms with Crippen molar-refractivity contribution in [3.63, 3.8) is 0 Å². The van der Waals surface area contributed by atoms with E-state index in [2.05, 4.69) is 15.5 Å². The molecule has 2 rings (SSSR count). The summed E-state index contributed by atoms with van der Waals surface area (Å²) >= 11 is 0. The lowest BCUT2D eigenvalue weighted by Gasteiger charge is -2.10. The van der Waals surface area contributed by atoms with E-state index in [0.717, 1.165) is 19.0 Å². The van der Waals surface area contributed by atoms with Crippen molar-refractivity contribution in [2.24, 2.45) is 0 Å². The van der Waals surface area contributed by atoms with Crippen LogP contribution >= 0.6 is 0 Å². The first-order valence-electron chi connectivity index (χ1n) is 5.98. The third kappa shape index (κ3) is 3.07. The molecule has 1 aromatic carbocycles. The molecule has 6 heteroatoms. The van der Waals surface area contributed by atoms with Gasteiger partial charge < -0.3 is 5.32 Å². The number of alkyl halides is 3. The van der Waals surface area contributed by atoms with E-state index in [1.165, 1.54) is 12.1 Å². The van der Waals surface area contributed by atoms with Gasteiger partial charge in [-0.25, -0.2) is 0 Å². The fourth-order valence-corrected chi connectivity index (χ4v) is 1.77. The monoisotopic (exact) mass is 269 g/mol. The average molecular weight is 269 g/mol. The summed E-state index contributed by atoms with van der Waals surface area (Å²) < 4.78 is 38.7. The SMILES string of the molecule is CCCNc1cc(-c2ccccc2C(F)(F)F)[nH]n1. The highest BCUT2D eigenvalue weighted by molar-refractivity contribution is 5.67. The van der Waals surface area contributed by atoms with Crippen LogP contribution in [0, 0.1) is 0 Å². The number of benzene rings is 1. The Morgan fingerprint density at radius 2 is 2.00 bits per heavy atom. The number of aromatic amines is 1. The number of nitrogens with one attached hydrogen (secondary N) is 2. The van der Waals surface area contributed by atoms with Crippen molar-refractivity contribution in [1.82, 2.24) is 10.2 Å². The van der Waals surface area contributed by atoms with Crippen LogP contribution in [0.2, 0.25) is 0 Å². The molecule has 1 aromatic heterocycles. The largest absolute Gasteiger partial charge is 0.417 e. The van der Waals surface area contributed by atoms with E-state index in [0.29, 0.717) is 11.5 Å². The molecular weight excluding hydrogens is 255 g/mol.